The zero-order chi connectivity index (χ0) is 18.0. The molecule has 2 aromatic carbocycles. The summed E-state index contributed by atoms with van der Waals surface area (Å²) in [5.74, 6) is 0.253. The minimum absolute atomic E-state index is 0.000427. The van der Waals surface area contributed by atoms with Crippen LogP contribution in [-0.4, -0.2) is 25.4 Å². The third kappa shape index (κ3) is 3.14. The minimum Gasteiger partial charge on any atom is -0.372 e. The van der Waals surface area contributed by atoms with Crippen molar-refractivity contribution < 1.29 is 8.42 Å². The molecule has 1 atom stereocenters. The van der Waals surface area contributed by atoms with E-state index in [2.05, 4.69) is 15.3 Å². The molecule has 1 heterocycles. The van der Waals surface area contributed by atoms with Gasteiger partial charge in [-0.3, -0.25) is 0 Å². The first-order chi connectivity index (χ1) is 12.0. The Labute approximate surface area is 150 Å². The molecule has 126 valence electrons. The molecule has 0 aliphatic heterocycles. The van der Waals surface area contributed by atoms with Crippen LogP contribution in [-0.2, 0) is 9.84 Å². The average molecular weight is 373 g/mol. The predicted octanol–water partition coefficient (Wildman–Crippen LogP) is 3.36. The summed E-state index contributed by atoms with van der Waals surface area (Å²) in [5, 5.41) is 11.3. The Morgan fingerprint density at radius 3 is 2.24 bits per heavy atom. The molecule has 3 rings (SSSR count). The molecule has 6 nitrogen and oxygen atoms in total. The highest BCUT2D eigenvalue weighted by molar-refractivity contribution is 7.92. The molecule has 0 unspecified atom stereocenters. The van der Waals surface area contributed by atoms with Gasteiger partial charge >= 0.3 is 0 Å². The number of fused-ring (bicyclic) bond motifs is 1. The van der Waals surface area contributed by atoms with Crippen molar-refractivity contribution in [1.82, 2.24) is 9.97 Å². The van der Waals surface area contributed by atoms with Gasteiger partial charge in [-0.15, -0.1) is 0 Å². The van der Waals surface area contributed by atoms with Crippen LogP contribution in [0.3, 0.4) is 0 Å². The van der Waals surface area contributed by atoms with Crippen LogP contribution in [0.25, 0.3) is 11.0 Å². The molecule has 25 heavy (non-hydrogen) atoms. The maximum absolute atomic E-state index is 12.9. The van der Waals surface area contributed by atoms with E-state index in [0.29, 0.717) is 16.1 Å². The summed E-state index contributed by atoms with van der Waals surface area (Å²) in [4.78, 5) is 8.75. The number of aromatic nitrogens is 2. The molecule has 3 aromatic rings. The van der Waals surface area contributed by atoms with E-state index in [1.807, 2.05) is 12.1 Å². The zero-order valence-corrected chi connectivity index (χ0v) is 14.7. The van der Waals surface area contributed by atoms with Gasteiger partial charge in [0.15, 0.2) is 11.1 Å². The van der Waals surface area contributed by atoms with Crippen molar-refractivity contribution in [3.8, 4) is 6.07 Å². The maximum Gasteiger partial charge on any atom is 0.200 e. The molecule has 0 amide bonds. The molecule has 0 aliphatic carbocycles. The fourth-order valence-corrected chi connectivity index (χ4v) is 3.93. The Morgan fingerprint density at radius 2 is 1.68 bits per heavy atom. The quantitative estimate of drug-likeness (QED) is 0.754. The largest absolute Gasteiger partial charge is 0.372 e. The summed E-state index contributed by atoms with van der Waals surface area (Å²) in [7, 11) is -2.38. The van der Waals surface area contributed by atoms with Crippen LogP contribution in [0.1, 0.15) is 10.9 Å². The Morgan fingerprint density at radius 1 is 1.08 bits per heavy atom. The highest BCUT2D eigenvalue weighted by atomic mass is 35.5. The number of rotatable bonds is 4. The van der Waals surface area contributed by atoms with Crippen molar-refractivity contribution >= 4 is 38.3 Å². The summed E-state index contributed by atoms with van der Waals surface area (Å²) in [6, 6.07) is 14.6. The molecule has 0 fully saturated rings. The van der Waals surface area contributed by atoms with Gasteiger partial charge < -0.3 is 5.32 Å². The molecule has 0 saturated heterocycles. The number of halogens is 1. The number of para-hydroxylation sites is 2. The number of sulfone groups is 1. The van der Waals surface area contributed by atoms with E-state index in [1.54, 1.807) is 25.2 Å². The molecule has 8 heteroatoms. The van der Waals surface area contributed by atoms with Gasteiger partial charge in [0.2, 0.25) is 9.84 Å². The summed E-state index contributed by atoms with van der Waals surface area (Å²) >= 11 is 5.81. The first-order valence-corrected chi connectivity index (χ1v) is 9.23. The third-order valence-corrected chi connectivity index (χ3v) is 5.78. The van der Waals surface area contributed by atoms with E-state index in [9.17, 15) is 13.7 Å². The molecule has 0 spiro atoms. The maximum atomic E-state index is 12.9. The van der Waals surface area contributed by atoms with Crippen molar-refractivity contribution in [3.63, 3.8) is 0 Å². The van der Waals surface area contributed by atoms with E-state index < -0.39 is 15.1 Å². The van der Waals surface area contributed by atoms with Crippen LogP contribution in [0, 0.1) is 11.3 Å². The molecule has 0 bridgehead atoms. The van der Waals surface area contributed by atoms with Crippen LogP contribution in [0.2, 0.25) is 5.02 Å². The number of anilines is 1. The van der Waals surface area contributed by atoms with Crippen LogP contribution in [0.15, 0.2) is 53.4 Å². The molecule has 0 aliphatic rings. The van der Waals surface area contributed by atoms with Crippen molar-refractivity contribution in [1.29, 1.82) is 5.26 Å². The molecule has 0 saturated carbocycles. The SMILES string of the molecule is CNc1nc2ccccc2nc1[C@@H](C#N)S(=O)(=O)c1ccc(Cl)cc1. The van der Waals surface area contributed by atoms with Gasteiger partial charge in [-0.2, -0.15) is 5.26 Å². The Balaban J connectivity index is 2.20. The van der Waals surface area contributed by atoms with Gasteiger partial charge in [0.25, 0.3) is 0 Å². The second-order valence-electron chi connectivity index (χ2n) is 5.20. The number of hydrogen-bond donors (Lipinski definition) is 1. The van der Waals surface area contributed by atoms with Crippen molar-refractivity contribution in [3.05, 3.63) is 59.2 Å². The molecule has 1 aromatic heterocycles. The molecular formula is C17H13ClN4O2S. The second-order valence-corrected chi connectivity index (χ2v) is 7.67. The van der Waals surface area contributed by atoms with Crippen LogP contribution in [0.5, 0.6) is 0 Å². The number of nitriles is 1. The summed E-state index contributed by atoms with van der Waals surface area (Å²) in [5.41, 5.74) is 1.19. The van der Waals surface area contributed by atoms with Crippen molar-refractivity contribution in [2.45, 2.75) is 10.1 Å². The van der Waals surface area contributed by atoms with Gasteiger partial charge in [-0.25, -0.2) is 18.4 Å². The number of nitrogens with one attached hydrogen (secondary N) is 1. The smallest absolute Gasteiger partial charge is 0.200 e. The topological polar surface area (TPSA) is 95.7 Å². The van der Waals surface area contributed by atoms with E-state index in [1.165, 1.54) is 24.3 Å². The van der Waals surface area contributed by atoms with Crippen LogP contribution >= 0.6 is 11.6 Å². The Kier molecular flexibility index (Phi) is 4.57. The lowest BCUT2D eigenvalue weighted by Crippen LogP contribution is -2.16. The Bertz CT molecular complexity index is 1080. The number of hydrogen-bond acceptors (Lipinski definition) is 6. The van der Waals surface area contributed by atoms with Crippen LogP contribution < -0.4 is 5.32 Å². The van der Waals surface area contributed by atoms with Gasteiger partial charge in [-0.05, 0) is 36.4 Å². The lowest BCUT2D eigenvalue weighted by atomic mass is 10.2. The second kappa shape index (κ2) is 6.67. The molecular weight excluding hydrogens is 360 g/mol. The summed E-state index contributed by atoms with van der Waals surface area (Å²) < 4.78 is 25.8. The summed E-state index contributed by atoms with van der Waals surface area (Å²) in [6.45, 7) is 0. The lowest BCUT2D eigenvalue weighted by molar-refractivity contribution is 0.590. The van der Waals surface area contributed by atoms with Gasteiger partial charge in [0.1, 0.15) is 5.69 Å². The third-order valence-electron chi connectivity index (χ3n) is 3.65. The number of benzene rings is 2. The highest BCUT2D eigenvalue weighted by Crippen LogP contribution is 2.32. The van der Waals surface area contributed by atoms with Gasteiger partial charge in [-0.1, -0.05) is 23.7 Å². The van der Waals surface area contributed by atoms with Gasteiger partial charge in [0.05, 0.1) is 22.0 Å². The first-order valence-electron chi connectivity index (χ1n) is 7.31. The standard InChI is InChI=1S/C17H13ClN4O2S/c1-20-17-16(21-13-4-2-3-5-14(13)22-17)15(10-19)25(23,24)12-8-6-11(18)7-9-12/h2-9,15H,1H3,(H,20,22)/t15-/m1/s1. The van der Waals surface area contributed by atoms with E-state index in [4.69, 9.17) is 11.6 Å². The normalized spacial score (nSPS) is 12.5. The zero-order valence-electron chi connectivity index (χ0n) is 13.1. The van der Waals surface area contributed by atoms with Crippen molar-refractivity contribution in [2.24, 2.45) is 0 Å². The first kappa shape index (κ1) is 17.1. The molecule has 1 N–H and O–H groups in total. The van der Waals surface area contributed by atoms with E-state index in [0.717, 1.165) is 0 Å². The predicted molar refractivity (Wildman–Crippen MR) is 96.1 cm³/mol. The highest BCUT2D eigenvalue weighted by Gasteiger charge is 2.33. The van der Waals surface area contributed by atoms with Crippen LogP contribution in [0.4, 0.5) is 5.82 Å². The fourth-order valence-electron chi connectivity index (χ4n) is 2.42. The fraction of sp³-hybridized carbons (Fsp3) is 0.118. The minimum atomic E-state index is -3.98. The average Bonchev–Trinajstić information content (AvgIpc) is 2.62. The Hall–Kier alpha value is -2.69. The monoisotopic (exact) mass is 372 g/mol. The van der Waals surface area contributed by atoms with Gasteiger partial charge in [0, 0.05) is 12.1 Å². The van der Waals surface area contributed by atoms with E-state index >= 15 is 0 Å². The van der Waals surface area contributed by atoms with E-state index in [-0.39, 0.29) is 16.4 Å². The lowest BCUT2D eigenvalue weighted by Gasteiger charge is -2.14. The number of nitrogens with zero attached hydrogens (tertiary/aromatic N) is 3. The molecule has 0 radical (unpaired) electrons. The van der Waals surface area contributed by atoms with Crippen molar-refractivity contribution in [2.75, 3.05) is 12.4 Å². The summed E-state index contributed by atoms with van der Waals surface area (Å²) in [6.07, 6.45) is 0.